The first kappa shape index (κ1) is 17.1. The van der Waals surface area contributed by atoms with Crippen molar-refractivity contribution >= 4 is 5.97 Å². The summed E-state index contributed by atoms with van der Waals surface area (Å²) >= 11 is 0. The van der Waals surface area contributed by atoms with E-state index < -0.39 is 22.0 Å². The van der Waals surface area contributed by atoms with Gasteiger partial charge in [0.1, 0.15) is 6.10 Å². The summed E-state index contributed by atoms with van der Waals surface area (Å²) in [5, 5.41) is 23.1. The Morgan fingerprint density at radius 1 is 1.24 bits per heavy atom. The van der Waals surface area contributed by atoms with Crippen LogP contribution in [0, 0.1) is 16.7 Å². The molecule has 6 atom stereocenters. The van der Waals surface area contributed by atoms with Crippen LogP contribution in [-0.4, -0.2) is 33.5 Å². The molecule has 0 radical (unpaired) electrons. The molecule has 5 heteroatoms. The van der Waals surface area contributed by atoms with Gasteiger partial charge in [-0.2, -0.15) is 0 Å². The number of esters is 1. The summed E-state index contributed by atoms with van der Waals surface area (Å²) in [7, 11) is 0. The molecule has 138 valence electrons. The minimum absolute atomic E-state index is 0.0594. The topological polar surface area (TPSA) is 79.9 Å². The average molecular weight is 348 g/mol. The van der Waals surface area contributed by atoms with E-state index in [0.29, 0.717) is 12.8 Å². The maximum atomic E-state index is 12.6. The van der Waals surface area contributed by atoms with E-state index in [-0.39, 0.29) is 24.4 Å². The molecule has 2 saturated carbocycles. The molecule has 5 nitrogen and oxygen atoms in total. The van der Waals surface area contributed by atoms with E-state index in [4.69, 9.17) is 9.15 Å². The maximum absolute atomic E-state index is 12.6. The Morgan fingerprint density at radius 2 is 2.00 bits per heavy atom. The molecule has 2 N–H and O–H groups in total. The van der Waals surface area contributed by atoms with Crippen LogP contribution >= 0.6 is 0 Å². The van der Waals surface area contributed by atoms with Crippen molar-refractivity contribution in [3.8, 4) is 0 Å². The van der Waals surface area contributed by atoms with Gasteiger partial charge in [-0.15, -0.1) is 0 Å². The molecule has 3 fully saturated rings. The molecule has 4 rings (SSSR count). The van der Waals surface area contributed by atoms with Crippen LogP contribution in [0.4, 0.5) is 0 Å². The van der Waals surface area contributed by atoms with Crippen LogP contribution < -0.4 is 0 Å². The van der Waals surface area contributed by atoms with Crippen molar-refractivity contribution in [2.75, 3.05) is 0 Å². The molecule has 1 aromatic heterocycles. The largest absolute Gasteiger partial charge is 0.472 e. The Hall–Kier alpha value is -1.33. The minimum Gasteiger partial charge on any atom is -0.472 e. The van der Waals surface area contributed by atoms with Gasteiger partial charge in [-0.1, -0.05) is 13.3 Å². The summed E-state index contributed by atoms with van der Waals surface area (Å²) in [6, 6.07) is 1.89. The van der Waals surface area contributed by atoms with Crippen molar-refractivity contribution in [2.24, 2.45) is 16.7 Å². The van der Waals surface area contributed by atoms with Crippen LogP contribution in [0.5, 0.6) is 0 Å². The normalized spacial score (nSPS) is 48.9. The molecule has 2 aliphatic carbocycles. The van der Waals surface area contributed by atoms with E-state index in [1.807, 2.05) is 19.9 Å². The van der Waals surface area contributed by atoms with Crippen LogP contribution in [0.15, 0.2) is 23.0 Å². The second-order valence-corrected chi connectivity index (χ2v) is 9.08. The summed E-state index contributed by atoms with van der Waals surface area (Å²) in [4.78, 5) is 12.6. The summed E-state index contributed by atoms with van der Waals surface area (Å²) < 4.78 is 10.8. The van der Waals surface area contributed by atoms with E-state index >= 15 is 0 Å². The minimum atomic E-state index is -1.31. The van der Waals surface area contributed by atoms with Crippen molar-refractivity contribution in [2.45, 2.75) is 76.6 Å². The Bertz CT molecular complexity index is 680. The van der Waals surface area contributed by atoms with Gasteiger partial charge in [-0.25, -0.2) is 0 Å². The predicted octanol–water partition coefficient (Wildman–Crippen LogP) is 2.84. The zero-order valence-corrected chi connectivity index (χ0v) is 15.2. The van der Waals surface area contributed by atoms with Crippen LogP contribution in [0.1, 0.15) is 58.4 Å². The van der Waals surface area contributed by atoms with Gasteiger partial charge in [0.25, 0.3) is 0 Å². The highest BCUT2D eigenvalue weighted by Crippen LogP contribution is 2.67. The smallest absolute Gasteiger partial charge is 0.312 e. The lowest BCUT2D eigenvalue weighted by Gasteiger charge is -2.63. The predicted molar refractivity (Wildman–Crippen MR) is 90.7 cm³/mol. The summed E-state index contributed by atoms with van der Waals surface area (Å²) in [5.74, 6) is -0.223. The molecular formula is C20H28O5. The van der Waals surface area contributed by atoms with Crippen LogP contribution in [0.25, 0.3) is 0 Å². The summed E-state index contributed by atoms with van der Waals surface area (Å²) in [6.45, 7) is 5.73. The molecule has 0 bridgehead atoms. The fourth-order valence-corrected chi connectivity index (χ4v) is 6.34. The Labute approximate surface area is 148 Å². The number of carbonyl (C=O) groups is 1. The van der Waals surface area contributed by atoms with Gasteiger partial charge in [0.2, 0.25) is 0 Å². The lowest BCUT2D eigenvalue weighted by molar-refractivity contribution is -0.280. The van der Waals surface area contributed by atoms with E-state index in [9.17, 15) is 15.0 Å². The fraction of sp³-hybridized carbons (Fsp3) is 0.750. The molecule has 3 aliphatic rings. The monoisotopic (exact) mass is 348 g/mol. The van der Waals surface area contributed by atoms with Crippen molar-refractivity contribution in [3.05, 3.63) is 24.2 Å². The highest BCUT2D eigenvalue weighted by atomic mass is 16.6. The average Bonchev–Trinajstić information content (AvgIpc) is 3.11. The third kappa shape index (κ3) is 2.05. The third-order valence-corrected chi connectivity index (χ3v) is 7.65. The lowest BCUT2D eigenvalue weighted by Crippen LogP contribution is -2.72. The van der Waals surface area contributed by atoms with Gasteiger partial charge in [0.05, 0.1) is 29.1 Å². The maximum Gasteiger partial charge on any atom is 0.312 e. The number of aryl methyl sites for hydroxylation is 1. The molecule has 0 spiro atoms. The molecule has 1 aliphatic heterocycles. The van der Waals surface area contributed by atoms with Gasteiger partial charge in [0.15, 0.2) is 0 Å². The first-order chi connectivity index (χ1) is 11.6. The van der Waals surface area contributed by atoms with Crippen LogP contribution in [-0.2, 0) is 16.0 Å². The first-order valence-corrected chi connectivity index (χ1v) is 9.31. The van der Waals surface area contributed by atoms with Gasteiger partial charge in [-0.05, 0) is 51.2 Å². The standard InChI is InChI=1S/C20H28O5/c1-17-7-4-8-18(2)15(17)14(25-16(17)21)11-19(3,22)20(18,23)9-5-13-6-10-24-12-13/h6,10,12,14-15,22-23H,4-5,7-9,11H2,1-3H3/t14-,15-,17+,18-,19+,20-/m1/s1. The van der Waals surface area contributed by atoms with E-state index in [0.717, 1.165) is 24.8 Å². The molecule has 1 saturated heterocycles. The Balaban J connectivity index is 1.75. The molecule has 0 aromatic carbocycles. The zero-order valence-electron chi connectivity index (χ0n) is 15.2. The SMILES string of the molecule is C[C@]1(O)C[C@H]2OC(=O)[C@@]3(C)CCC[C@](C)([C@H]23)[C@]1(O)CCc1ccoc1. The number of hydrogen-bond donors (Lipinski definition) is 2. The van der Waals surface area contributed by atoms with E-state index in [1.54, 1.807) is 19.5 Å². The second-order valence-electron chi connectivity index (χ2n) is 9.08. The van der Waals surface area contributed by atoms with Gasteiger partial charge >= 0.3 is 5.97 Å². The van der Waals surface area contributed by atoms with Crippen molar-refractivity contribution in [1.82, 2.24) is 0 Å². The number of aliphatic hydroxyl groups is 2. The summed E-state index contributed by atoms with van der Waals surface area (Å²) in [6.07, 6.45) is 6.78. The molecule has 0 amide bonds. The molecule has 0 unspecified atom stereocenters. The summed E-state index contributed by atoms with van der Waals surface area (Å²) in [5.41, 5.74) is -2.71. The van der Waals surface area contributed by atoms with Gasteiger partial charge in [-0.3, -0.25) is 4.79 Å². The molecular weight excluding hydrogens is 320 g/mol. The Kier molecular flexibility index (Phi) is 3.49. The van der Waals surface area contributed by atoms with Crippen molar-refractivity contribution in [3.63, 3.8) is 0 Å². The van der Waals surface area contributed by atoms with Gasteiger partial charge < -0.3 is 19.4 Å². The number of rotatable bonds is 3. The van der Waals surface area contributed by atoms with Crippen LogP contribution in [0.2, 0.25) is 0 Å². The first-order valence-electron chi connectivity index (χ1n) is 9.31. The second kappa shape index (κ2) is 5.10. The fourth-order valence-electron chi connectivity index (χ4n) is 6.34. The quantitative estimate of drug-likeness (QED) is 0.821. The van der Waals surface area contributed by atoms with Crippen molar-refractivity contribution in [1.29, 1.82) is 0 Å². The molecule has 25 heavy (non-hydrogen) atoms. The molecule has 1 aromatic rings. The number of hydrogen-bond acceptors (Lipinski definition) is 5. The number of carbonyl (C=O) groups excluding carboxylic acids is 1. The number of ether oxygens (including phenoxy) is 1. The zero-order chi connectivity index (χ0) is 18.1. The van der Waals surface area contributed by atoms with E-state index in [2.05, 4.69) is 0 Å². The molecule has 2 heterocycles. The van der Waals surface area contributed by atoms with E-state index in [1.165, 1.54) is 0 Å². The lowest BCUT2D eigenvalue weighted by atomic mass is 9.43. The van der Waals surface area contributed by atoms with Crippen LogP contribution in [0.3, 0.4) is 0 Å². The number of furan rings is 1. The third-order valence-electron chi connectivity index (χ3n) is 7.65. The highest BCUT2D eigenvalue weighted by Gasteiger charge is 2.74. The Morgan fingerprint density at radius 3 is 2.68 bits per heavy atom. The van der Waals surface area contributed by atoms with Crippen molar-refractivity contribution < 1.29 is 24.2 Å². The highest BCUT2D eigenvalue weighted by molar-refractivity contribution is 5.80. The van der Waals surface area contributed by atoms with Gasteiger partial charge in [0, 0.05) is 17.8 Å².